The summed E-state index contributed by atoms with van der Waals surface area (Å²) in [4.78, 5) is 0. The van der Waals surface area contributed by atoms with E-state index in [1.54, 1.807) is 30.3 Å². The van der Waals surface area contributed by atoms with Gasteiger partial charge in [-0.1, -0.05) is 41.7 Å². The van der Waals surface area contributed by atoms with Gasteiger partial charge in [0, 0.05) is 16.7 Å². The van der Waals surface area contributed by atoms with E-state index in [1.165, 1.54) is 6.21 Å². The molecule has 0 fully saturated rings. The number of halogens is 3. The van der Waals surface area contributed by atoms with Crippen LogP contribution in [0.15, 0.2) is 35.4 Å². The van der Waals surface area contributed by atoms with Crippen molar-refractivity contribution < 1.29 is 9.84 Å². The van der Waals surface area contributed by atoms with Crippen LogP contribution < -0.4 is 10.2 Å². The molecule has 0 heterocycles. The summed E-state index contributed by atoms with van der Waals surface area (Å²) in [6.45, 7) is 2.61. The van der Waals surface area contributed by atoms with E-state index in [-0.39, 0.29) is 5.75 Å². The lowest BCUT2D eigenvalue weighted by atomic mass is 10.2. The number of hydrazone groups is 1. The first-order valence-electron chi connectivity index (χ1n) is 6.90. The summed E-state index contributed by atoms with van der Waals surface area (Å²) >= 11 is 17.9. The van der Waals surface area contributed by atoms with E-state index in [1.807, 2.05) is 6.92 Å². The van der Waals surface area contributed by atoms with Gasteiger partial charge in [-0.15, -0.1) is 0 Å². The second kappa shape index (κ2) is 8.29. The first kappa shape index (κ1) is 17.7. The van der Waals surface area contributed by atoms with E-state index >= 15 is 0 Å². The molecule has 122 valence electrons. The van der Waals surface area contributed by atoms with Crippen LogP contribution >= 0.6 is 34.8 Å². The number of hydrogen-bond donors (Lipinski definition) is 2. The third-order valence-corrected chi connectivity index (χ3v) is 3.68. The number of phenols is 1. The van der Waals surface area contributed by atoms with Gasteiger partial charge in [-0.3, -0.25) is 5.43 Å². The topological polar surface area (TPSA) is 53.8 Å². The minimum absolute atomic E-state index is 0.0671. The zero-order valence-corrected chi connectivity index (χ0v) is 14.6. The Bertz CT molecular complexity index is 697. The maximum atomic E-state index is 9.96. The summed E-state index contributed by atoms with van der Waals surface area (Å²) in [5.41, 5.74) is 3.71. The Morgan fingerprint density at radius 3 is 2.48 bits per heavy atom. The van der Waals surface area contributed by atoms with Gasteiger partial charge in [0.05, 0.1) is 28.6 Å². The lowest BCUT2D eigenvalue weighted by molar-refractivity contribution is 0.315. The van der Waals surface area contributed by atoms with Gasteiger partial charge in [-0.2, -0.15) is 5.10 Å². The van der Waals surface area contributed by atoms with Gasteiger partial charge in [-0.25, -0.2) is 0 Å². The first-order valence-corrected chi connectivity index (χ1v) is 8.04. The molecule has 0 aliphatic heterocycles. The molecule has 7 heteroatoms. The summed E-state index contributed by atoms with van der Waals surface area (Å²) in [5.74, 6) is 0.677. The van der Waals surface area contributed by atoms with E-state index in [2.05, 4.69) is 10.5 Å². The Kier molecular flexibility index (Phi) is 6.39. The highest BCUT2D eigenvalue weighted by Gasteiger charge is 2.07. The second-order valence-corrected chi connectivity index (χ2v) is 5.93. The highest BCUT2D eigenvalue weighted by Crippen LogP contribution is 2.33. The van der Waals surface area contributed by atoms with Gasteiger partial charge in [0.25, 0.3) is 0 Å². The molecule has 0 unspecified atom stereocenters. The first-order chi connectivity index (χ1) is 11.0. The maximum Gasteiger partial charge on any atom is 0.128 e. The van der Waals surface area contributed by atoms with Crippen LogP contribution in [0.5, 0.6) is 11.5 Å². The molecule has 2 aromatic carbocycles. The zero-order valence-electron chi connectivity index (χ0n) is 12.3. The average Bonchev–Trinajstić information content (AvgIpc) is 2.49. The van der Waals surface area contributed by atoms with Gasteiger partial charge < -0.3 is 9.84 Å². The normalized spacial score (nSPS) is 11.0. The highest BCUT2D eigenvalue weighted by molar-refractivity contribution is 6.41. The van der Waals surface area contributed by atoms with Crippen LogP contribution in [-0.2, 0) is 0 Å². The van der Waals surface area contributed by atoms with Crippen molar-refractivity contribution in [3.63, 3.8) is 0 Å². The zero-order chi connectivity index (χ0) is 16.8. The Hall–Kier alpha value is -1.62. The van der Waals surface area contributed by atoms with Crippen molar-refractivity contribution in [3.05, 3.63) is 51.0 Å². The van der Waals surface area contributed by atoms with E-state index in [0.29, 0.717) is 38.7 Å². The van der Waals surface area contributed by atoms with Crippen molar-refractivity contribution in [2.75, 3.05) is 12.0 Å². The fraction of sp³-hybridized carbons (Fsp3) is 0.188. The number of nitrogens with zero attached hydrogens (tertiary/aromatic N) is 1. The van der Waals surface area contributed by atoms with Crippen LogP contribution in [0.1, 0.15) is 18.9 Å². The number of nitrogens with one attached hydrogen (secondary N) is 1. The summed E-state index contributed by atoms with van der Waals surface area (Å²) in [7, 11) is 0. The molecule has 2 aromatic rings. The molecule has 0 aliphatic rings. The number of ether oxygens (including phenoxy) is 1. The van der Waals surface area contributed by atoms with E-state index in [4.69, 9.17) is 39.5 Å². The van der Waals surface area contributed by atoms with Crippen molar-refractivity contribution in [2.24, 2.45) is 5.10 Å². The van der Waals surface area contributed by atoms with E-state index in [0.717, 1.165) is 6.42 Å². The summed E-state index contributed by atoms with van der Waals surface area (Å²) in [6.07, 6.45) is 2.36. The molecule has 0 aromatic heterocycles. The lowest BCUT2D eigenvalue weighted by Gasteiger charge is -2.07. The summed E-state index contributed by atoms with van der Waals surface area (Å²) in [6, 6.07) is 8.13. The predicted octanol–water partition coefficient (Wildman–Crippen LogP) is 5.59. The number of aromatic hydroxyl groups is 1. The molecular formula is C16H15Cl3N2O2. The molecule has 0 saturated carbocycles. The van der Waals surface area contributed by atoms with Crippen molar-refractivity contribution >= 4 is 46.7 Å². The van der Waals surface area contributed by atoms with E-state index < -0.39 is 0 Å². The number of benzene rings is 2. The molecule has 23 heavy (non-hydrogen) atoms. The van der Waals surface area contributed by atoms with Crippen LogP contribution in [0, 0.1) is 0 Å². The van der Waals surface area contributed by atoms with Crippen LogP contribution in [0.3, 0.4) is 0 Å². The fourth-order valence-electron chi connectivity index (χ4n) is 1.76. The molecule has 0 radical (unpaired) electrons. The molecule has 0 spiro atoms. The van der Waals surface area contributed by atoms with Crippen molar-refractivity contribution in [2.45, 2.75) is 13.3 Å². The minimum Gasteiger partial charge on any atom is -0.507 e. The molecule has 4 nitrogen and oxygen atoms in total. The molecular weight excluding hydrogens is 359 g/mol. The van der Waals surface area contributed by atoms with Crippen LogP contribution in [0.4, 0.5) is 5.69 Å². The van der Waals surface area contributed by atoms with Gasteiger partial charge in [0.1, 0.15) is 11.5 Å². The monoisotopic (exact) mass is 372 g/mol. The number of anilines is 1. The quantitative estimate of drug-likeness (QED) is 0.513. The average molecular weight is 374 g/mol. The molecule has 2 N–H and O–H groups in total. The number of hydrogen-bond acceptors (Lipinski definition) is 4. The van der Waals surface area contributed by atoms with Crippen molar-refractivity contribution in [1.29, 1.82) is 0 Å². The number of phenolic OH excluding ortho intramolecular Hbond substituents is 1. The molecule has 0 amide bonds. The van der Waals surface area contributed by atoms with Gasteiger partial charge in [-0.05, 0) is 30.7 Å². The molecule has 0 bridgehead atoms. The Labute approximate surface area is 149 Å². The van der Waals surface area contributed by atoms with Crippen molar-refractivity contribution in [3.8, 4) is 11.5 Å². The predicted molar refractivity (Wildman–Crippen MR) is 96.6 cm³/mol. The maximum absolute atomic E-state index is 9.96. The lowest BCUT2D eigenvalue weighted by Crippen LogP contribution is -1.96. The second-order valence-electron chi connectivity index (χ2n) is 4.68. The minimum atomic E-state index is 0.0671. The van der Waals surface area contributed by atoms with Gasteiger partial charge >= 0.3 is 0 Å². The molecule has 0 saturated heterocycles. The third kappa shape index (κ3) is 4.93. The summed E-state index contributed by atoms with van der Waals surface area (Å²) in [5, 5.41) is 15.1. The molecule has 0 atom stereocenters. The largest absolute Gasteiger partial charge is 0.507 e. The van der Waals surface area contributed by atoms with Crippen LogP contribution in [-0.4, -0.2) is 17.9 Å². The van der Waals surface area contributed by atoms with Crippen molar-refractivity contribution in [1.82, 2.24) is 0 Å². The van der Waals surface area contributed by atoms with Crippen LogP contribution in [0.2, 0.25) is 15.1 Å². The smallest absolute Gasteiger partial charge is 0.128 e. The molecule has 2 rings (SSSR count). The molecule has 0 aliphatic carbocycles. The Morgan fingerprint density at radius 2 is 1.87 bits per heavy atom. The Morgan fingerprint density at radius 1 is 1.17 bits per heavy atom. The van der Waals surface area contributed by atoms with Gasteiger partial charge in [0.15, 0.2) is 0 Å². The van der Waals surface area contributed by atoms with E-state index in [9.17, 15) is 5.11 Å². The number of rotatable bonds is 6. The summed E-state index contributed by atoms with van der Waals surface area (Å²) < 4.78 is 5.44. The highest BCUT2D eigenvalue weighted by atomic mass is 35.5. The fourth-order valence-corrected chi connectivity index (χ4v) is 2.66. The van der Waals surface area contributed by atoms with Crippen LogP contribution in [0.25, 0.3) is 0 Å². The van der Waals surface area contributed by atoms with Gasteiger partial charge in [0.2, 0.25) is 0 Å². The third-order valence-electron chi connectivity index (χ3n) is 2.86. The SMILES string of the molecule is CCCOc1ccc(C=NNc2c(Cl)cc(Cl)cc2Cl)c(O)c1. The Balaban J connectivity index is 2.09. The standard InChI is InChI=1S/C16H15Cl3N2O2/c1-2-5-23-12-4-3-10(15(22)8-12)9-20-21-16-13(18)6-11(17)7-14(16)19/h3-4,6-9,21-22H,2,5H2,1H3.